The molecule has 21 heavy (non-hydrogen) atoms. The van der Waals surface area contributed by atoms with Crippen LogP contribution in [0.2, 0.25) is 0 Å². The summed E-state index contributed by atoms with van der Waals surface area (Å²) in [4.78, 5) is 12.8. The summed E-state index contributed by atoms with van der Waals surface area (Å²) in [6.07, 6.45) is -4.66. The van der Waals surface area contributed by atoms with E-state index in [1.54, 1.807) is 12.1 Å². The molecule has 1 aromatic carbocycles. The molecule has 0 bridgehead atoms. The van der Waals surface area contributed by atoms with Crippen LogP contribution in [0.25, 0.3) is 0 Å². The molecule has 7 heteroatoms. The average Bonchev–Trinajstić information content (AvgIpc) is 2.92. The number of thiophene rings is 1. The maximum Gasteiger partial charge on any atom is 0.573 e. The molecule has 1 atom stereocenters. The Labute approximate surface area is 123 Å². The van der Waals surface area contributed by atoms with Crippen LogP contribution in [-0.2, 0) is 11.2 Å². The van der Waals surface area contributed by atoms with Gasteiger partial charge >= 0.3 is 6.36 Å². The number of halogens is 3. The Morgan fingerprint density at radius 3 is 2.43 bits per heavy atom. The Kier molecular flexibility index (Phi) is 4.64. The highest BCUT2D eigenvalue weighted by molar-refractivity contribution is 7.10. The van der Waals surface area contributed by atoms with E-state index in [4.69, 9.17) is 5.73 Å². The summed E-state index contributed by atoms with van der Waals surface area (Å²) in [7, 11) is 0. The lowest BCUT2D eigenvalue weighted by molar-refractivity contribution is -0.274. The van der Waals surface area contributed by atoms with Gasteiger partial charge in [-0.3, -0.25) is 4.79 Å². The number of ether oxygens (including phenoxy) is 1. The maximum absolute atomic E-state index is 12.0. The molecule has 1 unspecified atom stereocenters. The van der Waals surface area contributed by atoms with Gasteiger partial charge < -0.3 is 10.5 Å². The summed E-state index contributed by atoms with van der Waals surface area (Å²) in [5.41, 5.74) is 6.42. The average molecular weight is 315 g/mol. The van der Waals surface area contributed by atoms with Gasteiger partial charge in [0.25, 0.3) is 0 Å². The second-order valence-corrected chi connectivity index (χ2v) is 5.31. The molecule has 0 saturated carbocycles. The highest BCUT2D eigenvalue weighted by Gasteiger charge is 2.31. The van der Waals surface area contributed by atoms with Crippen LogP contribution in [0.5, 0.6) is 5.75 Å². The molecule has 1 aromatic heterocycles. The third-order valence-electron chi connectivity index (χ3n) is 2.73. The Morgan fingerprint density at radius 2 is 1.90 bits per heavy atom. The lowest BCUT2D eigenvalue weighted by atomic mass is 10.0. The quantitative estimate of drug-likeness (QED) is 0.919. The number of hydrogen-bond donors (Lipinski definition) is 1. The molecule has 0 radical (unpaired) electrons. The van der Waals surface area contributed by atoms with Crippen molar-refractivity contribution in [1.29, 1.82) is 0 Å². The molecule has 2 N–H and O–H groups in total. The summed E-state index contributed by atoms with van der Waals surface area (Å²) in [6, 6.07) is 8.04. The minimum atomic E-state index is -4.72. The van der Waals surface area contributed by atoms with Gasteiger partial charge in [-0.15, -0.1) is 24.5 Å². The standard InChI is InChI=1S/C14H12F3NO2S/c15-14(16,17)20-10-5-3-9(4-6-10)8-11(19)13(18)12-2-1-7-21-12/h1-7,13H,8,18H2. The summed E-state index contributed by atoms with van der Waals surface area (Å²) < 4.78 is 39.8. The van der Waals surface area contributed by atoms with Crippen molar-refractivity contribution in [2.75, 3.05) is 0 Å². The number of Topliss-reactive ketones (excluding diaryl/α,β-unsaturated/α-hetero) is 1. The monoisotopic (exact) mass is 315 g/mol. The number of nitrogens with two attached hydrogens (primary N) is 1. The predicted molar refractivity (Wildman–Crippen MR) is 73.1 cm³/mol. The van der Waals surface area contributed by atoms with Gasteiger partial charge in [0.2, 0.25) is 0 Å². The third kappa shape index (κ3) is 4.57. The van der Waals surface area contributed by atoms with Crippen LogP contribution >= 0.6 is 11.3 Å². The van der Waals surface area contributed by atoms with E-state index in [1.807, 2.05) is 5.38 Å². The molecule has 3 nitrogen and oxygen atoms in total. The molecule has 112 valence electrons. The lowest BCUT2D eigenvalue weighted by Gasteiger charge is -2.10. The highest BCUT2D eigenvalue weighted by Crippen LogP contribution is 2.24. The minimum absolute atomic E-state index is 0.0609. The third-order valence-corrected chi connectivity index (χ3v) is 3.69. The Hall–Kier alpha value is -1.86. The SMILES string of the molecule is NC(C(=O)Cc1ccc(OC(F)(F)F)cc1)c1cccs1. The van der Waals surface area contributed by atoms with Gasteiger partial charge in [-0.1, -0.05) is 18.2 Å². The first-order chi connectivity index (χ1) is 9.85. The minimum Gasteiger partial charge on any atom is -0.406 e. The summed E-state index contributed by atoms with van der Waals surface area (Å²) in [6.45, 7) is 0. The normalized spacial score (nSPS) is 13.0. The number of hydrogen-bond acceptors (Lipinski definition) is 4. The van der Waals surface area contributed by atoms with Crippen molar-refractivity contribution in [3.63, 3.8) is 0 Å². The van der Waals surface area contributed by atoms with Gasteiger partial charge in [0.1, 0.15) is 5.75 Å². The molecule has 0 saturated heterocycles. The zero-order chi connectivity index (χ0) is 15.5. The van der Waals surface area contributed by atoms with Gasteiger partial charge in [-0.05, 0) is 29.1 Å². The van der Waals surface area contributed by atoms with E-state index in [0.29, 0.717) is 5.56 Å². The van der Waals surface area contributed by atoms with E-state index in [0.717, 1.165) is 4.88 Å². The maximum atomic E-state index is 12.0. The summed E-state index contributed by atoms with van der Waals surface area (Å²) in [5, 5.41) is 1.83. The molecule has 0 amide bonds. The Balaban J connectivity index is 1.98. The molecular formula is C14H12F3NO2S. The van der Waals surface area contributed by atoms with Crippen LogP contribution in [0.3, 0.4) is 0 Å². The second kappa shape index (κ2) is 6.28. The first kappa shape index (κ1) is 15.5. The smallest absolute Gasteiger partial charge is 0.406 e. The van der Waals surface area contributed by atoms with E-state index in [-0.39, 0.29) is 18.0 Å². The fourth-order valence-corrected chi connectivity index (χ4v) is 2.50. The topological polar surface area (TPSA) is 52.3 Å². The van der Waals surface area contributed by atoms with Crippen LogP contribution in [-0.4, -0.2) is 12.1 Å². The van der Waals surface area contributed by atoms with Crippen LogP contribution in [0.4, 0.5) is 13.2 Å². The van der Waals surface area contributed by atoms with Crippen LogP contribution in [0.15, 0.2) is 41.8 Å². The van der Waals surface area contributed by atoms with Crippen molar-refractivity contribution < 1.29 is 22.7 Å². The number of carbonyl (C=O) groups is 1. The first-order valence-corrected chi connectivity index (χ1v) is 6.89. The van der Waals surface area contributed by atoms with Crippen molar-refractivity contribution >= 4 is 17.1 Å². The lowest BCUT2D eigenvalue weighted by Crippen LogP contribution is -2.22. The van der Waals surface area contributed by atoms with E-state index in [9.17, 15) is 18.0 Å². The molecule has 1 heterocycles. The van der Waals surface area contributed by atoms with Crippen molar-refractivity contribution in [1.82, 2.24) is 0 Å². The highest BCUT2D eigenvalue weighted by atomic mass is 32.1. The van der Waals surface area contributed by atoms with E-state index in [1.165, 1.54) is 35.6 Å². The largest absolute Gasteiger partial charge is 0.573 e. The zero-order valence-corrected chi connectivity index (χ0v) is 11.6. The van der Waals surface area contributed by atoms with Gasteiger partial charge in [0.05, 0.1) is 6.04 Å². The van der Waals surface area contributed by atoms with Gasteiger partial charge in [0, 0.05) is 11.3 Å². The first-order valence-electron chi connectivity index (χ1n) is 6.01. The van der Waals surface area contributed by atoms with Crippen LogP contribution < -0.4 is 10.5 Å². The number of ketones is 1. The van der Waals surface area contributed by atoms with E-state index < -0.39 is 12.4 Å². The number of carbonyl (C=O) groups excluding carboxylic acids is 1. The van der Waals surface area contributed by atoms with Crippen molar-refractivity contribution in [2.24, 2.45) is 5.73 Å². The van der Waals surface area contributed by atoms with Crippen molar-refractivity contribution in [3.8, 4) is 5.75 Å². The summed E-state index contributed by atoms with van der Waals surface area (Å²) in [5.74, 6) is -0.511. The summed E-state index contributed by atoms with van der Waals surface area (Å²) >= 11 is 1.39. The van der Waals surface area contributed by atoms with Gasteiger partial charge in [-0.25, -0.2) is 0 Å². The van der Waals surface area contributed by atoms with Crippen molar-refractivity contribution in [2.45, 2.75) is 18.8 Å². The van der Waals surface area contributed by atoms with Gasteiger partial charge in [-0.2, -0.15) is 0 Å². The molecule has 0 spiro atoms. The molecule has 0 aliphatic carbocycles. The molecule has 0 aliphatic heterocycles. The molecule has 0 fully saturated rings. The molecule has 0 aliphatic rings. The number of alkyl halides is 3. The second-order valence-electron chi connectivity index (χ2n) is 4.33. The number of rotatable bonds is 5. The molecule has 2 aromatic rings. The van der Waals surface area contributed by atoms with Crippen LogP contribution in [0, 0.1) is 0 Å². The number of benzene rings is 1. The van der Waals surface area contributed by atoms with Gasteiger partial charge in [0.15, 0.2) is 5.78 Å². The zero-order valence-electron chi connectivity index (χ0n) is 10.8. The fraction of sp³-hybridized carbons (Fsp3) is 0.214. The fourth-order valence-electron chi connectivity index (χ4n) is 1.75. The Morgan fingerprint density at radius 1 is 1.24 bits per heavy atom. The predicted octanol–water partition coefficient (Wildman–Crippen LogP) is 3.46. The van der Waals surface area contributed by atoms with Crippen LogP contribution in [0.1, 0.15) is 16.5 Å². The Bertz CT molecular complexity index is 594. The van der Waals surface area contributed by atoms with E-state index in [2.05, 4.69) is 4.74 Å². The van der Waals surface area contributed by atoms with E-state index >= 15 is 0 Å². The molecular weight excluding hydrogens is 303 g/mol. The van der Waals surface area contributed by atoms with Crippen molar-refractivity contribution in [3.05, 3.63) is 52.2 Å². The molecule has 2 rings (SSSR count).